The Balaban J connectivity index is 2.50. The molecular weight excluding hydrogens is 344 g/mol. The monoisotopic (exact) mass is 360 g/mol. The molecule has 0 bridgehead atoms. The molecular formula is C13H17BrN2O3S. The average Bonchev–Trinajstić information content (AvgIpc) is 2.42. The number of halogens is 1. The van der Waals surface area contributed by atoms with Crippen molar-refractivity contribution in [2.45, 2.75) is 6.42 Å². The normalized spacial score (nSPS) is 9.95. The lowest BCUT2D eigenvalue weighted by atomic mass is 10.3. The molecule has 0 unspecified atom stereocenters. The number of likely N-dealkylation sites (N-methyl/N-ethyl adjacent to an activating group) is 1. The number of rotatable bonds is 7. The van der Waals surface area contributed by atoms with Crippen molar-refractivity contribution in [3.05, 3.63) is 22.7 Å². The summed E-state index contributed by atoms with van der Waals surface area (Å²) < 4.78 is 11.3. The van der Waals surface area contributed by atoms with Crippen molar-refractivity contribution in [2.75, 3.05) is 27.3 Å². The van der Waals surface area contributed by atoms with Crippen molar-refractivity contribution in [1.82, 2.24) is 4.90 Å². The van der Waals surface area contributed by atoms with Crippen LogP contribution in [0.5, 0.6) is 11.5 Å². The molecule has 0 aromatic heterocycles. The van der Waals surface area contributed by atoms with Gasteiger partial charge in [-0.05, 0) is 34.1 Å². The van der Waals surface area contributed by atoms with E-state index in [1.54, 1.807) is 32.4 Å². The second-order valence-electron chi connectivity index (χ2n) is 4.12. The van der Waals surface area contributed by atoms with E-state index in [0.29, 0.717) is 29.5 Å². The number of benzene rings is 1. The SMILES string of the molecule is COc1ccc(OCC(=O)N(C)CCC(N)=S)c(Br)c1. The quantitative estimate of drug-likeness (QED) is 0.753. The molecule has 7 heteroatoms. The van der Waals surface area contributed by atoms with Crippen LogP contribution < -0.4 is 15.2 Å². The van der Waals surface area contributed by atoms with E-state index >= 15 is 0 Å². The summed E-state index contributed by atoms with van der Waals surface area (Å²) in [5.74, 6) is 1.16. The number of hydrogen-bond donors (Lipinski definition) is 1. The molecule has 1 aromatic carbocycles. The van der Waals surface area contributed by atoms with Gasteiger partial charge in [0.2, 0.25) is 0 Å². The van der Waals surface area contributed by atoms with E-state index in [0.717, 1.165) is 4.47 Å². The van der Waals surface area contributed by atoms with Crippen molar-refractivity contribution in [1.29, 1.82) is 0 Å². The van der Waals surface area contributed by atoms with Gasteiger partial charge in [-0.25, -0.2) is 0 Å². The molecule has 20 heavy (non-hydrogen) atoms. The van der Waals surface area contributed by atoms with Gasteiger partial charge in [0.1, 0.15) is 11.5 Å². The van der Waals surface area contributed by atoms with Gasteiger partial charge in [0.05, 0.1) is 16.6 Å². The topological polar surface area (TPSA) is 64.8 Å². The van der Waals surface area contributed by atoms with Crippen molar-refractivity contribution in [2.24, 2.45) is 5.73 Å². The number of nitrogens with two attached hydrogens (primary N) is 1. The summed E-state index contributed by atoms with van der Waals surface area (Å²) in [5.41, 5.74) is 5.40. The van der Waals surface area contributed by atoms with Crippen LogP contribution in [-0.4, -0.2) is 43.1 Å². The van der Waals surface area contributed by atoms with Crippen LogP contribution >= 0.6 is 28.1 Å². The Morgan fingerprint density at radius 1 is 1.50 bits per heavy atom. The fourth-order valence-electron chi connectivity index (χ4n) is 1.38. The van der Waals surface area contributed by atoms with E-state index < -0.39 is 0 Å². The maximum absolute atomic E-state index is 11.8. The van der Waals surface area contributed by atoms with Crippen LogP contribution in [0.2, 0.25) is 0 Å². The molecule has 2 N–H and O–H groups in total. The largest absolute Gasteiger partial charge is 0.497 e. The second-order valence-corrected chi connectivity index (χ2v) is 5.50. The van der Waals surface area contributed by atoms with Crippen LogP contribution in [0.3, 0.4) is 0 Å². The average molecular weight is 361 g/mol. The van der Waals surface area contributed by atoms with E-state index in [2.05, 4.69) is 15.9 Å². The van der Waals surface area contributed by atoms with Gasteiger partial charge < -0.3 is 20.1 Å². The van der Waals surface area contributed by atoms with E-state index in [1.807, 2.05) is 0 Å². The van der Waals surface area contributed by atoms with Gasteiger partial charge in [-0.1, -0.05) is 12.2 Å². The Hall–Kier alpha value is -1.34. The summed E-state index contributed by atoms with van der Waals surface area (Å²) in [6.45, 7) is 0.445. The third-order valence-electron chi connectivity index (χ3n) is 2.61. The van der Waals surface area contributed by atoms with Crippen LogP contribution in [-0.2, 0) is 4.79 Å². The lowest BCUT2D eigenvalue weighted by Crippen LogP contribution is -2.33. The molecule has 0 radical (unpaired) electrons. The van der Waals surface area contributed by atoms with Gasteiger partial charge in [0.25, 0.3) is 5.91 Å². The first-order chi connectivity index (χ1) is 9.43. The van der Waals surface area contributed by atoms with E-state index in [-0.39, 0.29) is 12.5 Å². The van der Waals surface area contributed by atoms with Gasteiger partial charge in [-0.3, -0.25) is 4.79 Å². The molecule has 110 valence electrons. The van der Waals surface area contributed by atoms with Crippen molar-refractivity contribution in [3.63, 3.8) is 0 Å². The van der Waals surface area contributed by atoms with E-state index in [4.69, 9.17) is 27.4 Å². The summed E-state index contributed by atoms with van der Waals surface area (Å²) in [4.78, 5) is 13.8. The summed E-state index contributed by atoms with van der Waals surface area (Å²) in [6, 6.07) is 5.28. The summed E-state index contributed by atoms with van der Waals surface area (Å²) >= 11 is 8.13. The number of carbonyl (C=O) groups is 1. The predicted molar refractivity (Wildman–Crippen MR) is 85.2 cm³/mol. The second kappa shape index (κ2) is 8.06. The Morgan fingerprint density at radius 3 is 2.75 bits per heavy atom. The first kappa shape index (κ1) is 16.7. The Morgan fingerprint density at radius 2 is 2.20 bits per heavy atom. The minimum atomic E-state index is -0.135. The van der Waals surface area contributed by atoms with Crippen molar-refractivity contribution < 1.29 is 14.3 Å². The maximum Gasteiger partial charge on any atom is 0.260 e. The van der Waals surface area contributed by atoms with Crippen molar-refractivity contribution >= 4 is 39.0 Å². The molecule has 0 atom stereocenters. The van der Waals surface area contributed by atoms with Crippen LogP contribution in [0, 0.1) is 0 Å². The van der Waals surface area contributed by atoms with Gasteiger partial charge in [0, 0.05) is 20.0 Å². The molecule has 0 saturated carbocycles. The van der Waals surface area contributed by atoms with Gasteiger partial charge in [0.15, 0.2) is 6.61 Å². The Kier molecular flexibility index (Phi) is 6.74. The molecule has 0 aliphatic rings. The molecule has 1 aromatic rings. The molecule has 0 saturated heterocycles. The number of hydrogen-bond acceptors (Lipinski definition) is 4. The van der Waals surface area contributed by atoms with Crippen LogP contribution in [0.4, 0.5) is 0 Å². The first-order valence-corrected chi connectivity index (χ1v) is 7.12. The molecule has 0 fully saturated rings. The highest BCUT2D eigenvalue weighted by Gasteiger charge is 2.11. The van der Waals surface area contributed by atoms with E-state index in [9.17, 15) is 4.79 Å². The fraction of sp³-hybridized carbons (Fsp3) is 0.385. The number of ether oxygens (including phenoxy) is 2. The highest BCUT2D eigenvalue weighted by molar-refractivity contribution is 9.10. The molecule has 0 aliphatic heterocycles. The number of thiocarbonyl (C=S) groups is 1. The summed E-state index contributed by atoms with van der Waals surface area (Å²) in [5, 5.41) is 0. The fourth-order valence-corrected chi connectivity index (χ4v) is 1.94. The third-order valence-corrected chi connectivity index (χ3v) is 3.43. The van der Waals surface area contributed by atoms with Gasteiger partial charge >= 0.3 is 0 Å². The molecule has 1 rings (SSSR count). The Bertz CT molecular complexity index is 497. The number of methoxy groups -OCH3 is 1. The van der Waals surface area contributed by atoms with Crippen LogP contribution in [0.1, 0.15) is 6.42 Å². The van der Waals surface area contributed by atoms with E-state index in [1.165, 1.54) is 4.90 Å². The number of carbonyl (C=O) groups excluding carboxylic acids is 1. The lowest BCUT2D eigenvalue weighted by Gasteiger charge is -2.17. The van der Waals surface area contributed by atoms with Crippen LogP contribution in [0.15, 0.2) is 22.7 Å². The summed E-state index contributed by atoms with van der Waals surface area (Å²) in [7, 11) is 3.27. The summed E-state index contributed by atoms with van der Waals surface area (Å²) in [6.07, 6.45) is 0.504. The number of nitrogens with zero attached hydrogens (tertiary/aromatic N) is 1. The smallest absolute Gasteiger partial charge is 0.260 e. The highest BCUT2D eigenvalue weighted by atomic mass is 79.9. The molecule has 0 heterocycles. The minimum Gasteiger partial charge on any atom is -0.497 e. The minimum absolute atomic E-state index is 0.0429. The third kappa shape index (κ3) is 5.34. The van der Waals surface area contributed by atoms with Gasteiger partial charge in [-0.2, -0.15) is 0 Å². The maximum atomic E-state index is 11.8. The molecule has 5 nitrogen and oxygen atoms in total. The number of amides is 1. The van der Waals surface area contributed by atoms with Gasteiger partial charge in [-0.15, -0.1) is 0 Å². The molecule has 0 aliphatic carbocycles. The van der Waals surface area contributed by atoms with Crippen molar-refractivity contribution in [3.8, 4) is 11.5 Å². The molecule has 0 spiro atoms. The zero-order valence-corrected chi connectivity index (χ0v) is 13.8. The highest BCUT2D eigenvalue weighted by Crippen LogP contribution is 2.29. The zero-order chi connectivity index (χ0) is 15.1. The standard InChI is InChI=1S/C13H17BrN2O3S/c1-16(6-5-12(15)20)13(17)8-19-11-4-3-9(18-2)7-10(11)14/h3-4,7H,5-6,8H2,1-2H3,(H2,15,20). The van der Waals surface area contributed by atoms with Crippen LogP contribution in [0.25, 0.3) is 0 Å². The first-order valence-electron chi connectivity index (χ1n) is 5.92. The molecule has 1 amide bonds. The predicted octanol–water partition coefficient (Wildman–Crippen LogP) is 1.97. The Labute approximate surface area is 132 Å². The zero-order valence-electron chi connectivity index (χ0n) is 11.4. The lowest BCUT2D eigenvalue weighted by molar-refractivity contribution is -0.131.